The Morgan fingerprint density at radius 2 is 1.86 bits per heavy atom. The SMILES string of the molecule is Cc1cc(Cl)cc(C)c1OCCCCC(C)(C)/C(N)=N/O. The number of ether oxygens (including phenoxy) is 1. The van der Waals surface area contributed by atoms with Crippen molar-refractivity contribution in [3.8, 4) is 5.75 Å². The van der Waals surface area contributed by atoms with Crippen molar-refractivity contribution in [1.29, 1.82) is 0 Å². The highest BCUT2D eigenvalue weighted by molar-refractivity contribution is 6.30. The summed E-state index contributed by atoms with van der Waals surface area (Å²) in [4.78, 5) is 0. The number of hydrogen-bond donors (Lipinski definition) is 2. The molecule has 0 spiro atoms. The van der Waals surface area contributed by atoms with Gasteiger partial charge < -0.3 is 15.7 Å². The van der Waals surface area contributed by atoms with E-state index < -0.39 is 0 Å². The largest absolute Gasteiger partial charge is 0.493 e. The smallest absolute Gasteiger partial charge is 0.144 e. The first kappa shape index (κ1) is 17.6. The van der Waals surface area contributed by atoms with Crippen LogP contribution in [0.4, 0.5) is 0 Å². The van der Waals surface area contributed by atoms with Crippen molar-refractivity contribution < 1.29 is 9.94 Å². The molecule has 0 heterocycles. The van der Waals surface area contributed by atoms with E-state index in [-0.39, 0.29) is 11.3 Å². The molecule has 21 heavy (non-hydrogen) atoms. The number of amidine groups is 1. The summed E-state index contributed by atoms with van der Waals surface area (Å²) in [6, 6.07) is 3.82. The molecule has 0 saturated heterocycles. The molecule has 5 heteroatoms. The van der Waals surface area contributed by atoms with Gasteiger partial charge in [-0.1, -0.05) is 30.6 Å². The van der Waals surface area contributed by atoms with Crippen LogP contribution in [-0.2, 0) is 0 Å². The van der Waals surface area contributed by atoms with Crippen LogP contribution in [0.3, 0.4) is 0 Å². The Morgan fingerprint density at radius 1 is 1.29 bits per heavy atom. The van der Waals surface area contributed by atoms with E-state index in [4.69, 9.17) is 27.3 Å². The van der Waals surface area contributed by atoms with Crippen molar-refractivity contribution >= 4 is 17.4 Å². The van der Waals surface area contributed by atoms with Crippen LogP contribution in [0.1, 0.15) is 44.2 Å². The fourth-order valence-electron chi connectivity index (χ4n) is 2.23. The molecule has 3 N–H and O–H groups in total. The van der Waals surface area contributed by atoms with E-state index in [1.165, 1.54) is 0 Å². The average molecular weight is 313 g/mol. The van der Waals surface area contributed by atoms with Crippen molar-refractivity contribution in [2.45, 2.75) is 47.0 Å². The van der Waals surface area contributed by atoms with Crippen LogP contribution in [0.2, 0.25) is 5.02 Å². The van der Waals surface area contributed by atoms with Crippen molar-refractivity contribution in [2.24, 2.45) is 16.3 Å². The Morgan fingerprint density at radius 3 is 2.38 bits per heavy atom. The normalized spacial score (nSPS) is 12.5. The zero-order valence-corrected chi connectivity index (χ0v) is 14.0. The predicted octanol–water partition coefficient (Wildman–Crippen LogP) is 4.28. The van der Waals surface area contributed by atoms with Crippen molar-refractivity contribution in [1.82, 2.24) is 0 Å². The molecule has 4 nitrogen and oxygen atoms in total. The van der Waals surface area contributed by atoms with Crippen LogP contribution in [-0.4, -0.2) is 17.6 Å². The van der Waals surface area contributed by atoms with Crippen molar-refractivity contribution in [3.63, 3.8) is 0 Å². The molecular weight excluding hydrogens is 288 g/mol. The van der Waals surface area contributed by atoms with E-state index in [9.17, 15) is 0 Å². The summed E-state index contributed by atoms with van der Waals surface area (Å²) in [5.74, 6) is 1.18. The minimum Gasteiger partial charge on any atom is -0.493 e. The molecule has 0 saturated carbocycles. The van der Waals surface area contributed by atoms with E-state index in [2.05, 4.69) is 5.16 Å². The predicted molar refractivity (Wildman–Crippen MR) is 87.5 cm³/mol. The number of unbranched alkanes of at least 4 members (excludes halogenated alkanes) is 1. The number of benzene rings is 1. The molecule has 0 amide bonds. The zero-order chi connectivity index (χ0) is 16.0. The highest BCUT2D eigenvalue weighted by Gasteiger charge is 2.22. The zero-order valence-electron chi connectivity index (χ0n) is 13.2. The van der Waals surface area contributed by atoms with Gasteiger partial charge in [0.05, 0.1) is 6.61 Å². The number of hydrogen-bond acceptors (Lipinski definition) is 3. The third kappa shape index (κ3) is 5.12. The van der Waals surface area contributed by atoms with Gasteiger partial charge in [0.2, 0.25) is 0 Å². The van der Waals surface area contributed by atoms with Crippen LogP contribution >= 0.6 is 11.6 Å². The van der Waals surface area contributed by atoms with Gasteiger partial charge in [0.1, 0.15) is 11.6 Å². The Bertz CT molecular complexity index is 490. The monoisotopic (exact) mass is 312 g/mol. The summed E-state index contributed by atoms with van der Waals surface area (Å²) in [6.45, 7) is 8.58. The maximum atomic E-state index is 8.73. The molecule has 1 rings (SSSR count). The molecule has 0 aliphatic heterocycles. The molecule has 118 valence electrons. The van der Waals surface area contributed by atoms with Crippen LogP contribution < -0.4 is 10.5 Å². The van der Waals surface area contributed by atoms with E-state index in [1.807, 2.05) is 39.8 Å². The van der Waals surface area contributed by atoms with E-state index in [1.54, 1.807) is 0 Å². The van der Waals surface area contributed by atoms with Crippen LogP contribution in [0.25, 0.3) is 0 Å². The highest BCUT2D eigenvalue weighted by atomic mass is 35.5. The van der Waals surface area contributed by atoms with Gasteiger partial charge in [0.25, 0.3) is 0 Å². The molecule has 0 atom stereocenters. The second-order valence-corrected chi connectivity index (χ2v) is 6.48. The minimum atomic E-state index is -0.291. The molecular formula is C16H25ClN2O2. The molecule has 0 aliphatic rings. The van der Waals surface area contributed by atoms with Gasteiger partial charge in [-0.05, 0) is 56.4 Å². The van der Waals surface area contributed by atoms with Crippen LogP contribution in [0, 0.1) is 19.3 Å². The van der Waals surface area contributed by atoms with Gasteiger partial charge in [-0.15, -0.1) is 0 Å². The summed E-state index contributed by atoms with van der Waals surface area (Å²) in [6.07, 6.45) is 2.73. The minimum absolute atomic E-state index is 0.271. The van der Waals surface area contributed by atoms with E-state index in [0.29, 0.717) is 6.61 Å². The lowest BCUT2D eigenvalue weighted by atomic mass is 9.86. The Hall–Kier alpha value is -1.42. The summed E-state index contributed by atoms with van der Waals surface area (Å²) in [5.41, 5.74) is 7.48. The summed E-state index contributed by atoms with van der Waals surface area (Å²) >= 11 is 6.00. The molecule has 0 radical (unpaired) electrons. The summed E-state index contributed by atoms with van der Waals surface area (Å²) in [5, 5.41) is 12.6. The molecule has 0 bridgehead atoms. The molecule has 0 unspecified atom stereocenters. The van der Waals surface area contributed by atoms with Crippen molar-refractivity contribution in [3.05, 3.63) is 28.3 Å². The number of nitrogens with zero attached hydrogens (tertiary/aromatic N) is 1. The fraction of sp³-hybridized carbons (Fsp3) is 0.562. The van der Waals surface area contributed by atoms with Gasteiger partial charge in [0, 0.05) is 10.4 Å². The molecule has 0 fully saturated rings. The van der Waals surface area contributed by atoms with Gasteiger partial charge >= 0.3 is 0 Å². The van der Waals surface area contributed by atoms with Gasteiger partial charge in [-0.25, -0.2) is 0 Å². The number of oxime groups is 1. The van der Waals surface area contributed by atoms with Gasteiger partial charge in [-0.3, -0.25) is 0 Å². The average Bonchev–Trinajstić information content (AvgIpc) is 2.39. The topological polar surface area (TPSA) is 67.8 Å². The van der Waals surface area contributed by atoms with Crippen molar-refractivity contribution in [2.75, 3.05) is 6.61 Å². The number of nitrogens with two attached hydrogens (primary N) is 1. The van der Waals surface area contributed by atoms with Gasteiger partial charge in [0.15, 0.2) is 0 Å². The molecule has 0 aliphatic carbocycles. The third-order valence-corrected chi connectivity index (χ3v) is 3.89. The number of halogens is 1. The molecule has 1 aromatic carbocycles. The van der Waals surface area contributed by atoms with E-state index in [0.717, 1.165) is 41.2 Å². The first-order valence-corrected chi connectivity index (χ1v) is 7.53. The lowest BCUT2D eigenvalue weighted by molar-refractivity contribution is 0.286. The number of aryl methyl sites for hydroxylation is 2. The second kappa shape index (κ2) is 7.55. The maximum Gasteiger partial charge on any atom is 0.144 e. The maximum absolute atomic E-state index is 8.73. The number of rotatable bonds is 7. The molecule has 0 aromatic heterocycles. The fourth-order valence-corrected chi connectivity index (χ4v) is 2.56. The highest BCUT2D eigenvalue weighted by Crippen LogP contribution is 2.28. The second-order valence-electron chi connectivity index (χ2n) is 6.04. The lowest BCUT2D eigenvalue weighted by Crippen LogP contribution is -2.31. The van der Waals surface area contributed by atoms with Gasteiger partial charge in [-0.2, -0.15) is 0 Å². The van der Waals surface area contributed by atoms with Crippen LogP contribution in [0.5, 0.6) is 5.75 Å². The summed E-state index contributed by atoms with van der Waals surface area (Å²) < 4.78 is 5.85. The Labute approximate surface area is 131 Å². The first-order valence-electron chi connectivity index (χ1n) is 7.15. The van der Waals surface area contributed by atoms with Crippen LogP contribution in [0.15, 0.2) is 17.3 Å². The standard InChI is InChI=1S/C16H25ClN2O2/c1-11-9-13(17)10-12(2)14(11)21-8-6-5-7-16(3,4)15(18)19-20/h9-10,20H,5-8H2,1-4H3,(H2,18,19). The lowest BCUT2D eigenvalue weighted by Gasteiger charge is -2.22. The molecule has 1 aromatic rings. The Balaban J connectivity index is 2.42. The summed E-state index contributed by atoms with van der Waals surface area (Å²) in [7, 11) is 0. The van der Waals surface area contributed by atoms with E-state index >= 15 is 0 Å². The third-order valence-electron chi connectivity index (χ3n) is 3.67. The Kier molecular flexibility index (Phi) is 6.34. The quantitative estimate of drug-likeness (QED) is 0.260. The first-order chi connectivity index (χ1) is 9.77.